The van der Waals surface area contributed by atoms with Crippen LogP contribution >= 0.6 is 11.6 Å². The second kappa shape index (κ2) is 4.35. The third-order valence-electron chi connectivity index (χ3n) is 3.00. The molecule has 0 saturated heterocycles. The molecule has 2 atom stereocenters. The van der Waals surface area contributed by atoms with Gasteiger partial charge in [0, 0.05) is 29.7 Å². The monoisotopic (exact) mass is 212 g/mol. The Morgan fingerprint density at radius 1 is 1.57 bits per heavy atom. The quantitative estimate of drug-likeness (QED) is 0.704. The van der Waals surface area contributed by atoms with Gasteiger partial charge in [-0.25, -0.2) is 0 Å². The predicted octanol–water partition coefficient (Wildman–Crippen LogP) is 3.17. The van der Waals surface area contributed by atoms with Gasteiger partial charge < -0.3 is 0 Å². The highest BCUT2D eigenvalue weighted by Gasteiger charge is 2.28. The zero-order chi connectivity index (χ0) is 9.97. The van der Waals surface area contributed by atoms with Crippen LogP contribution in [0.5, 0.6) is 0 Å². The fourth-order valence-corrected chi connectivity index (χ4v) is 2.71. The molecule has 2 unspecified atom stereocenters. The molecule has 1 fully saturated rings. The maximum atomic E-state index is 6.30. The Hall–Kier alpha value is -0.500. The fraction of sp³-hybridized carbons (Fsp3) is 0.727. The summed E-state index contributed by atoms with van der Waals surface area (Å²) in [6, 6.07) is 2.13. The lowest BCUT2D eigenvalue weighted by atomic mass is 10.0. The Morgan fingerprint density at radius 3 is 3.07 bits per heavy atom. The minimum absolute atomic E-state index is 0.322. The summed E-state index contributed by atoms with van der Waals surface area (Å²) in [5.74, 6) is 0.533. The highest BCUT2D eigenvalue weighted by Crippen LogP contribution is 2.37. The van der Waals surface area contributed by atoms with Crippen LogP contribution in [0.15, 0.2) is 12.3 Å². The van der Waals surface area contributed by atoms with Crippen LogP contribution in [0.3, 0.4) is 0 Å². The average molecular weight is 213 g/mol. The first kappa shape index (κ1) is 10.0. The highest BCUT2D eigenvalue weighted by atomic mass is 35.5. The van der Waals surface area contributed by atoms with E-state index in [1.807, 2.05) is 6.20 Å². The zero-order valence-electron chi connectivity index (χ0n) is 8.62. The van der Waals surface area contributed by atoms with Gasteiger partial charge in [0.2, 0.25) is 0 Å². The number of aryl methyl sites for hydroxylation is 1. The molecule has 14 heavy (non-hydrogen) atoms. The van der Waals surface area contributed by atoms with Crippen molar-refractivity contribution in [1.29, 1.82) is 0 Å². The number of rotatable bonds is 3. The Balaban J connectivity index is 2.17. The van der Waals surface area contributed by atoms with Crippen LogP contribution in [0.4, 0.5) is 0 Å². The molecule has 0 bridgehead atoms. The maximum absolute atomic E-state index is 6.30. The fourth-order valence-electron chi connectivity index (χ4n) is 2.30. The lowest BCUT2D eigenvalue weighted by molar-refractivity contribution is 0.539. The SMILES string of the molecule is CCCn1nccc1C1CCCC1Cl. The molecule has 1 saturated carbocycles. The first-order valence-corrected chi connectivity index (χ1v) is 5.92. The molecule has 78 valence electrons. The van der Waals surface area contributed by atoms with Gasteiger partial charge in [0.05, 0.1) is 0 Å². The van der Waals surface area contributed by atoms with Gasteiger partial charge in [-0.2, -0.15) is 5.10 Å². The molecule has 0 aromatic carbocycles. The number of hydrogen-bond acceptors (Lipinski definition) is 1. The van der Waals surface area contributed by atoms with Gasteiger partial charge in [-0.1, -0.05) is 13.3 Å². The van der Waals surface area contributed by atoms with Crippen molar-refractivity contribution in [1.82, 2.24) is 9.78 Å². The summed E-state index contributed by atoms with van der Waals surface area (Å²) >= 11 is 6.30. The number of aromatic nitrogens is 2. The van der Waals surface area contributed by atoms with E-state index in [4.69, 9.17) is 11.6 Å². The minimum Gasteiger partial charge on any atom is -0.269 e. The van der Waals surface area contributed by atoms with Crippen molar-refractivity contribution in [2.45, 2.75) is 50.4 Å². The van der Waals surface area contributed by atoms with E-state index in [1.54, 1.807) is 0 Å². The van der Waals surface area contributed by atoms with Crippen LogP contribution in [0, 0.1) is 0 Å². The molecular weight excluding hydrogens is 196 g/mol. The molecule has 2 rings (SSSR count). The maximum Gasteiger partial charge on any atom is 0.0492 e. The molecule has 1 aromatic rings. The molecule has 1 heterocycles. The summed E-state index contributed by atoms with van der Waals surface area (Å²) in [5.41, 5.74) is 1.34. The summed E-state index contributed by atoms with van der Waals surface area (Å²) in [6.45, 7) is 3.20. The van der Waals surface area contributed by atoms with Crippen LogP contribution in [0.25, 0.3) is 0 Å². The predicted molar refractivity (Wildman–Crippen MR) is 58.8 cm³/mol. The largest absolute Gasteiger partial charge is 0.269 e. The van der Waals surface area contributed by atoms with Crippen molar-refractivity contribution < 1.29 is 0 Å². The van der Waals surface area contributed by atoms with Gasteiger partial charge in [-0.3, -0.25) is 4.68 Å². The van der Waals surface area contributed by atoms with Crippen LogP contribution in [0.2, 0.25) is 0 Å². The molecular formula is C11H17ClN2. The second-order valence-electron chi connectivity index (χ2n) is 4.03. The van der Waals surface area contributed by atoms with Crippen LogP contribution < -0.4 is 0 Å². The van der Waals surface area contributed by atoms with Gasteiger partial charge in [-0.05, 0) is 25.3 Å². The van der Waals surface area contributed by atoms with Crippen molar-refractivity contribution in [2.24, 2.45) is 0 Å². The van der Waals surface area contributed by atoms with Crippen molar-refractivity contribution in [2.75, 3.05) is 0 Å². The number of hydrogen-bond donors (Lipinski definition) is 0. The van der Waals surface area contributed by atoms with E-state index >= 15 is 0 Å². The first-order valence-electron chi connectivity index (χ1n) is 5.48. The van der Waals surface area contributed by atoms with E-state index in [0.717, 1.165) is 19.4 Å². The standard InChI is InChI=1S/C11H17ClN2/c1-2-8-14-11(6-7-13-14)9-4-3-5-10(9)12/h6-7,9-10H,2-5,8H2,1H3. The lowest BCUT2D eigenvalue weighted by Crippen LogP contribution is -2.12. The van der Waals surface area contributed by atoms with Crippen molar-refractivity contribution in [3.8, 4) is 0 Å². The van der Waals surface area contributed by atoms with E-state index in [-0.39, 0.29) is 0 Å². The van der Waals surface area contributed by atoms with Crippen molar-refractivity contribution >= 4 is 11.6 Å². The topological polar surface area (TPSA) is 17.8 Å². The van der Waals surface area contributed by atoms with Crippen LogP contribution in [-0.4, -0.2) is 15.2 Å². The van der Waals surface area contributed by atoms with Gasteiger partial charge in [0.1, 0.15) is 0 Å². The summed E-state index contributed by atoms with van der Waals surface area (Å²) < 4.78 is 2.12. The summed E-state index contributed by atoms with van der Waals surface area (Å²) in [4.78, 5) is 0. The van der Waals surface area contributed by atoms with Gasteiger partial charge in [0.25, 0.3) is 0 Å². The van der Waals surface area contributed by atoms with E-state index in [1.165, 1.54) is 18.5 Å². The summed E-state index contributed by atoms with van der Waals surface area (Å²) in [7, 11) is 0. The Kier molecular flexibility index (Phi) is 3.12. The highest BCUT2D eigenvalue weighted by molar-refractivity contribution is 6.21. The van der Waals surface area contributed by atoms with Gasteiger partial charge >= 0.3 is 0 Å². The van der Waals surface area contributed by atoms with E-state index in [2.05, 4.69) is 22.8 Å². The second-order valence-corrected chi connectivity index (χ2v) is 4.59. The Labute approximate surface area is 90.3 Å². The number of alkyl halides is 1. The Bertz CT molecular complexity index is 295. The molecule has 0 spiro atoms. The molecule has 2 nitrogen and oxygen atoms in total. The van der Waals surface area contributed by atoms with E-state index in [9.17, 15) is 0 Å². The molecule has 0 N–H and O–H groups in total. The molecule has 0 amide bonds. The smallest absolute Gasteiger partial charge is 0.0492 e. The van der Waals surface area contributed by atoms with Gasteiger partial charge in [-0.15, -0.1) is 11.6 Å². The minimum atomic E-state index is 0.322. The number of nitrogens with zero attached hydrogens (tertiary/aromatic N) is 2. The summed E-state index contributed by atoms with van der Waals surface area (Å²) in [5, 5.41) is 4.66. The molecule has 0 aliphatic heterocycles. The van der Waals surface area contributed by atoms with Crippen LogP contribution in [0.1, 0.15) is 44.2 Å². The van der Waals surface area contributed by atoms with Gasteiger partial charge in [0.15, 0.2) is 0 Å². The third-order valence-corrected chi connectivity index (χ3v) is 3.52. The normalized spacial score (nSPS) is 27.0. The molecule has 0 radical (unpaired) electrons. The number of halogens is 1. The van der Waals surface area contributed by atoms with Crippen molar-refractivity contribution in [3.63, 3.8) is 0 Å². The molecule has 3 heteroatoms. The summed E-state index contributed by atoms with van der Waals surface area (Å²) in [6.07, 6.45) is 6.67. The zero-order valence-corrected chi connectivity index (χ0v) is 9.37. The Morgan fingerprint density at radius 2 is 2.43 bits per heavy atom. The lowest BCUT2D eigenvalue weighted by Gasteiger charge is -2.15. The first-order chi connectivity index (χ1) is 6.83. The molecule has 1 aromatic heterocycles. The van der Waals surface area contributed by atoms with E-state index < -0.39 is 0 Å². The molecule has 1 aliphatic carbocycles. The van der Waals surface area contributed by atoms with E-state index in [0.29, 0.717) is 11.3 Å². The average Bonchev–Trinajstić information content (AvgIpc) is 2.74. The molecule has 1 aliphatic rings. The van der Waals surface area contributed by atoms with Crippen LogP contribution in [-0.2, 0) is 6.54 Å². The third kappa shape index (κ3) is 1.81. The van der Waals surface area contributed by atoms with Crippen molar-refractivity contribution in [3.05, 3.63) is 18.0 Å².